The van der Waals surface area contributed by atoms with Crippen molar-refractivity contribution in [2.75, 3.05) is 39.3 Å². The van der Waals surface area contributed by atoms with Crippen LogP contribution >= 0.6 is 17.2 Å². The molecular weight excluding hydrogens is 478 g/mol. The highest BCUT2D eigenvalue weighted by atomic mass is 31.1. The van der Waals surface area contributed by atoms with Gasteiger partial charge in [0.1, 0.15) is 0 Å². The molecule has 3 unspecified atom stereocenters. The molecule has 2 saturated heterocycles. The van der Waals surface area contributed by atoms with Crippen LogP contribution in [0.2, 0.25) is 0 Å². The van der Waals surface area contributed by atoms with Crippen LogP contribution in [-0.4, -0.2) is 50.8 Å². The van der Waals surface area contributed by atoms with E-state index in [1.54, 1.807) is 0 Å². The van der Waals surface area contributed by atoms with Gasteiger partial charge in [0.15, 0.2) is 0 Å². The lowest BCUT2D eigenvalue weighted by Crippen LogP contribution is -2.53. The van der Waals surface area contributed by atoms with E-state index in [0.29, 0.717) is 11.6 Å². The standard InChI is InChI=1S/C30H48N4P2/c1-28(2,3)30(35,29(4,5)6)25-13-12-23(22-10-8-7-9-11-22)18-24(25)21-36(26-19-31-14-16-33-26)27-20-32-15-17-34-27/h7-13,18,26-27,31-34H,14-17,19-21,35H2,1-6H3. The Morgan fingerprint density at radius 2 is 1.31 bits per heavy atom. The number of hydrogen-bond acceptors (Lipinski definition) is 4. The lowest BCUT2D eigenvalue weighted by Gasteiger charge is -2.53. The summed E-state index contributed by atoms with van der Waals surface area (Å²) >= 11 is 0. The summed E-state index contributed by atoms with van der Waals surface area (Å²) in [4.78, 5) is 0. The second-order valence-electron chi connectivity index (χ2n) is 12.6. The van der Waals surface area contributed by atoms with E-state index in [1.165, 1.54) is 22.3 Å². The second-order valence-corrected chi connectivity index (χ2v) is 16.0. The van der Waals surface area contributed by atoms with Gasteiger partial charge in [0.2, 0.25) is 0 Å². The number of nitrogens with one attached hydrogen (secondary N) is 4. The van der Waals surface area contributed by atoms with Gasteiger partial charge in [0, 0.05) is 56.0 Å². The molecule has 2 fully saturated rings. The van der Waals surface area contributed by atoms with Gasteiger partial charge in [-0.2, -0.15) is 0 Å². The Labute approximate surface area is 223 Å². The molecule has 3 atom stereocenters. The molecular formula is C30H48N4P2. The Bertz CT molecular complexity index is 952. The van der Waals surface area contributed by atoms with Crippen molar-refractivity contribution in [1.82, 2.24) is 21.3 Å². The lowest BCUT2D eigenvalue weighted by molar-refractivity contribution is 0.139. The van der Waals surface area contributed by atoms with Crippen LogP contribution in [0.15, 0.2) is 48.5 Å². The van der Waals surface area contributed by atoms with Crippen molar-refractivity contribution in [3.05, 3.63) is 59.7 Å². The van der Waals surface area contributed by atoms with Crippen molar-refractivity contribution in [1.29, 1.82) is 0 Å². The summed E-state index contributed by atoms with van der Waals surface area (Å²) in [5, 5.41) is 15.1. The van der Waals surface area contributed by atoms with Crippen LogP contribution in [0, 0.1) is 10.8 Å². The number of hydrogen-bond donors (Lipinski definition) is 4. The highest BCUT2D eigenvalue weighted by molar-refractivity contribution is 7.58. The summed E-state index contributed by atoms with van der Waals surface area (Å²) in [6.07, 6.45) is 1.12. The third kappa shape index (κ3) is 5.90. The van der Waals surface area contributed by atoms with Gasteiger partial charge < -0.3 is 21.3 Å². The van der Waals surface area contributed by atoms with E-state index in [1.807, 2.05) is 0 Å². The Balaban J connectivity index is 1.84. The molecule has 4 nitrogen and oxygen atoms in total. The van der Waals surface area contributed by atoms with E-state index in [0.717, 1.165) is 45.4 Å². The van der Waals surface area contributed by atoms with Gasteiger partial charge in [-0.3, -0.25) is 0 Å². The van der Waals surface area contributed by atoms with E-state index in [-0.39, 0.29) is 23.9 Å². The second kappa shape index (κ2) is 11.5. The van der Waals surface area contributed by atoms with Crippen LogP contribution in [0.25, 0.3) is 11.1 Å². The summed E-state index contributed by atoms with van der Waals surface area (Å²) in [6.45, 7) is 20.8. The van der Waals surface area contributed by atoms with Crippen molar-refractivity contribution >= 4 is 17.2 Å². The summed E-state index contributed by atoms with van der Waals surface area (Å²) in [7, 11) is 3.00. The van der Waals surface area contributed by atoms with Gasteiger partial charge in [-0.1, -0.05) is 98.0 Å². The Kier molecular flexibility index (Phi) is 8.98. The van der Waals surface area contributed by atoms with E-state index < -0.39 is 0 Å². The molecule has 0 aliphatic carbocycles. The van der Waals surface area contributed by atoms with Crippen LogP contribution in [0.4, 0.5) is 0 Å². The average Bonchev–Trinajstić information content (AvgIpc) is 2.87. The van der Waals surface area contributed by atoms with Crippen LogP contribution in [-0.2, 0) is 11.3 Å². The van der Waals surface area contributed by atoms with Crippen molar-refractivity contribution in [3.63, 3.8) is 0 Å². The zero-order chi connectivity index (χ0) is 26.0. The molecule has 2 heterocycles. The maximum Gasteiger partial charge on any atom is 0.0413 e. The van der Waals surface area contributed by atoms with Crippen LogP contribution in [0.1, 0.15) is 52.7 Å². The van der Waals surface area contributed by atoms with E-state index in [4.69, 9.17) is 0 Å². The summed E-state index contributed by atoms with van der Waals surface area (Å²) in [6, 6.07) is 18.2. The topological polar surface area (TPSA) is 48.1 Å². The van der Waals surface area contributed by atoms with Crippen LogP contribution in [0.3, 0.4) is 0 Å². The fourth-order valence-corrected chi connectivity index (χ4v) is 9.50. The molecule has 198 valence electrons. The normalized spacial score (nSPS) is 22.9. The molecule has 2 aromatic carbocycles. The highest BCUT2D eigenvalue weighted by Gasteiger charge is 2.49. The highest BCUT2D eigenvalue weighted by Crippen LogP contribution is 2.60. The van der Waals surface area contributed by atoms with Crippen molar-refractivity contribution in [3.8, 4) is 11.1 Å². The molecule has 0 amide bonds. The Morgan fingerprint density at radius 3 is 1.78 bits per heavy atom. The van der Waals surface area contributed by atoms with E-state index >= 15 is 0 Å². The van der Waals surface area contributed by atoms with E-state index in [2.05, 4.69) is 121 Å². The molecule has 0 radical (unpaired) electrons. The average molecular weight is 527 g/mol. The minimum absolute atomic E-state index is 0.0674. The molecule has 2 aliphatic rings. The lowest BCUT2D eigenvalue weighted by atomic mass is 9.61. The molecule has 0 saturated carbocycles. The van der Waals surface area contributed by atoms with Gasteiger partial charge >= 0.3 is 0 Å². The largest absolute Gasteiger partial charge is 0.314 e. The fraction of sp³-hybridized carbons (Fsp3) is 0.600. The first-order valence-corrected chi connectivity index (χ1v) is 15.9. The third-order valence-corrected chi connectivity index (χ3v) is 13.3. The number of piperazine rings is 2. The minimum atomic E-state index is -0.346. The maximum absolute atomic E-state index is 3.90. The molecule has 0 spiro atoms. The van der Waals surface area contributed by atoms with Gasteiger partial charge in [0.25, 0.3) is 0 Å². The number of benzene rings is 2. The first-order chi connectivity index (χ1) is 17.0. The molecule has 36 heavy (non-hydrogen) atoms. The summed E-state index contributed by atoms with van der Waals surface area (Å²) in [5.74, 6) is 1.03. The van der Waals surface area contributed by atoms with Gasteiger partial charge in [0.05, 0.1) is 0 Å². The minimum Gasteiger partial charge on any atom is -0.314 e. The Morgan fingerprint density at radius 1 is 0.750 bits per heavy atom. The monoisotopic (exact) mass is 526 g/mol. The molecule has 2 aliphatic heterocycles. The molecule has 4 rings (SSSR count). The molecule has 0 aromatic heterocycles. The summed E-state index contributed by atoms with van der Waals surface area (Å²) < 4.78 is 0. The van der Waals surface area contributed by atoms with Crippen molar-refractivity contribution < 1.29 is 0 Å². The van der Waals surface area contributed by atoms with Crippen LogP contribution < -0.4 is 21.3 Å². The van der Waals surface area contributed by atoms with Gasteiger partial charge in [-0.25, -0.2) is 0 Å². The van der Waals surface area contributed by atoms with Crippen molar-refractivity contribution in [2.24, 2.45) is 10.8 Å². The van der Waals surface area contributed by atoms with Crippen molar-refractivity contribution in [2.45, 2.75) is 64.4 Å². The quantitative estimate of drug-likeness (QED) is 0.374. The zero-order valence-corrected chi connectivity index (χ0v) is 25.3. The van der Waals surface area contributed by atoms with Gasteiger partial charge in [-0.15, -0.1) is 9.24 Å². The maximum atomic E-state index is 3.90. The molecule has 0 bridgehead atoms. The van der Waals surface area contributed by atoms with Crippen LogP contribution in [0.5, 0.6) is 0 Å². The predicted molar refractivity (Wildman–Crippen MR) is 162 cm³/mol. The fourth-order valence-electron chi connectivity index (χ4n) is 6.23. The van der Waals surface area contributed by atoms with Gasteiger partial charge in [-0.05, 0) is 39.2 Å². The summed E-state index contributed by atoms with van der Waals surface area (Å²) in [5.41, 5.74) is 5.79. The first kappa shape index (κ1) is 28.2. The molecule has 6 heteroatoms. The Hall–Kier alpha value is -0.860. The first-order valence-electron chi connectivity index (χ1n) is 13.6. The third-order valence-electron chi connectivity index (χ3n) is 8.20. The predicted octanol–water partition coefficient (Wildman–Crippen LogP) is 5.54. The van der Waals surface area contributed by atoms with E-state index in [9.17, 15) is 0 Å². The smallest absolute Gasteiger partial charge is 0.0413 e. The SMILES string of the molecule is CC(C)(C)C(P)(c1ccc(-c2ccccc2)cc1CP(C1CNCCN1)C1CNCCN1)C(C)(C)C. The number of rotatable bonds is 6. The molecule has 4 N–H and O–H groups in total. The molecule has 2 aromatic rings. The zero-order valence-electron chi connectivity index (χ0n) is 23.2.